The second-order valence-electron chi connectivity index (χ2n) is 9.89. The zero-order valence-electron chi connectivity index (χ0n) is 23.3. The predicted octanol–water partition coefficient (Wildman–Crippen LogP) is 4.00. The smallest absolute Gasteiger partial charge is 0.272 e. The number of aromatic nitrogens is 2. The molecule has 3 rings (SSSR count). The van der Waals surface area contributed by atoms with Gasteiger partial charge in [0.25, 0.3) is 11.8 Å². The minimum atomic E-state index is -1.09. The Labute approximate surface area is 234 Å². The summed E-state index contributed by atoms with van der Waals surface area (Å²) >= 11 is 0. The van der Waals surface area contributed by atoms with Crippen LogP contribution in [0.1, 0.15) is 71.3 Å². The van der Waals surface area contributed by atoms with E-state index in [0.717, 1.165) is 30.9 Å². The van der Waals surface area contributed by atoms with Crippen LogP contribution >= 0.6 is 0 Å². The van der Waals surface area contributed by atoms with Crippen LogP contribution in [0.3, 0.4) is 0 Å². The Balaban J connectivity index is 1.72. The third-order valence-corrected chi connectivity index (χ3v) is 6.56. The Bertz CT molecular complexity index is 1240. The van der Waals surface area contributed by atoms with E-state index < -0.39 is 29.7 Å². The van der Waals surface area contributed by atoms with Gasteiger partial charge in [-0.3, -0.25) is 14.7 Å². The maximum absolute atomic E-state index is 13.9. The maximum Gasteiger partial charge on any atom is 0.272 e. The summed E-state index contributed by atoms with van der Waals surface area (Å²) in [6.45, 7) is 7.82. The molecule has 0 saturated carbocycles. The van der Waals surface area contributed by atoms with E-state index in [1.165, 1.54) is 23.8 Å². The first-order valence-corrected chi connectivity index (χ1v) is 13.8. The highest BCUT2D eigenvalue weighted by molar-refractivity contribution is 5.97. The molecule has 0 aliphatic rings. The van der Waals surface area contributed by atoms with Gasteiger partial charge in [0, 0.05) is 38.3 Å². The van der Waals surface area contributed by atoms with Gasteiger partial charge >= 0.3 is 0 Å². The van der Waals surface area contributed by atoms with Gasteiger partial charge in [-0.1, -0.05) is 45.0 Å². The normalized spacial score (nSPS) is 12.7. The topological polar surface area (TPSA) is 110 Å². The number of hydrogen-bond donors (Lipinski definition) is 4. The maximum atomic E-state index is 13.9. The van der Waals surface area contributed by atoms with E-state index in [9.17, 15) is 23.5 Å². The molecule has 0 aliphatic carbocycles. The number of nitrogens with one attached hydrogen (secondary N) is 3. The summed E-state index contributed by atoms with van der Waals surface area (Å²) in [7, 11) is 0. The van der Waals surface area contributed by atoms with E-state index in [4.69, 9.17) is 0 Å². The monoisotopic (exact) mass is 555 g/mol. The molecule has 3 aromatic rings. The Morgan fingerprint density at radius 3 is 2.30 bits per heavy atom. The zero-order chi connectivity index (χ0) is 29.1. The number of halogens is 2. The SMILES string of the molecule is CCCN(CCC)C(=O)c1cc(C(=O)N[C@@H](Cc2cc(F)cc(F)c2)[C@H](O)CNCc2cccc(CC)c2)n[nH]1. The number of nitrogens with zero attached hydrogens (tertiary/aromatic N) is 2. The van der Waals surface area contributed by atoms with Crippen LogP contribution in [0.4, 0.5) is 8.78 Å². The van der Waals surface area contributed by atoms with Crippen LogP contribution in [-0.4, -0.2) is 63.8 Å². The fraction of sp³-hybridized carbons (Fsp3) is 0.433. The van der Waals surface area contributed by atoms with Crippen LogP contribution in [0.2, 0.25) is 0 Å². The van der Waals surface area contributed by atoms with Crippen LogP contribution in [0.25, 0.3) is 0 Å². The van der Waals surface area contributed by atoms with Gasteiger partial charge in [-0.05, 0) is 54.5 Å². The highest BCUT2D eigenvalue weighted by atomic mass is 19.1. The van der Waals surface area contributed by atoms with Crippen molar-refractivity contribution in [1.29, 1.82) is 0 Å². The number of aliphatic hydroxyl groups is 1. The second-order valence-corrected chi connectivity index (χ2v) is 9.89. The van der Waals surface area contributed by atoms with Crippen LogP contribution in [0, 0.1) is 11.6 Å². The van der Waals surface area contributed by atoms with E-state index in [1.54, 1.807) is 4.90 Å². The van der Waals surface area contributed by atoms with Crippen LogP contribution < -0.4 is 10.6 Å². The number of aromatic amines is 1. The molecule has 2 atom stereocenters. The summed E-state index contributed by atoms with van der Waals surface area (Å²) in [6, 6.07) is 11.7. The molecule has 0 aliphatic heterocycles. The lowest BCUT2D eigenvalue weighted by molar-refractivity contribution is 0.0749. The van der Waals surface area contributed by atoms with E-state index in [2.05, 4.69) is 33.8 Å². The molecule has 0 bridgehead atoms. The summed E-state index contributed by atoms with van der Waals surface area (Å²) in [5, 5.41) is 23.6. The third-order valence-electron chi connectivity index (χ3n) is 6.56. The Morgan fingerprint density at radius 2 is 1.65 bits per heavy atom. The molecule has 0 radical (unpaired) electrons. The van der Waals surface area contributed by atoms with Crippen LogP contribution in [0.5, 0.6) is 0 Å². The van der Waals surface area contributed by atoms with Crippen molar-refractivity contribution in [2.75, 3.05) is 19.6 Å². The fourth-order valence-corrected chi connectivity index (χ4v) is 4.55. The molecule has 2 amide bonds. The van der Waals surface area contributed by atoms with Crippen molar-refractivity contribution < 1.29 is 23.5 Å². The van der Waals surface area contributed by atoms with Crippen LogP contribution in [-0.2, 0) is 19.4 Å². The molecule has 8 nitrogen and oxygen atoms in total. The molecule has 0 saturated heterocycles. The number of amides is 2. The number of carbonyl (C=O) groups excluding carboxylic acids is 2. The zero-order valence-corrected chi connectivity index (χ0v) is 23.3. The molecule has 0 unspecified atom stereocenters. The summed E-state index contributed by atoms with van der Waals surface area (Å²) in [4.78, 5) is 27.7. The molecular formula is C30H39F2N5O3. The first kappa shape index (κ1) is 30.9. The molecule has 1 aromatic heterocycles. The van der Waals surface area contributed by atoms with Gasteiger partial charge < -0.3 is 20.6 Å². The van der Waals surface area contributed by atoms with Crippen molar-refractivity contribution >= 4 is 11.8 Å². The summed E-state index contributed by atoms with van der Waals surface area (Å²) in [6.07, 6.45) is 1.39. The third kappa shape index (κ3) is 8.96. The molecule has 0 fully saturated rings. The van der Waals surface area contributed by atoms with Crippen molar-refractivity contribution in [2.45, 2.75) is 65.1 Å². The van der Waals surface area contributed by atoms with E-state index in [-0.39, 0.29) is 35.8 Å². The number of aryl methyl sites for hydroxylation is 1. The van der Waals surface area contributed by atoms with E-state index >= 15 is 0 Å². The van der Waals surface area contributed by atoms with Gasteiger partial charge in [-0.15, -0.1) is 0 Å². The fourth-order valence-electron chi connectivity index (χ4n) is 4.55. The summed E-state index contributed by atoms with van der Waals surface area (Å²) in [5.41, 5.74) is 2.69. The Hall–Kier alpha value is -3.63. The Kier molecular flexibility index (Phi) is 11.8. The van der Waals surface area contributed by atoms with Crippen molar-refractivity contribution in [2.24, 2.45) is 0 Å². The van der Waals surface area contributed by atoms with Crippen molar-refractivity contribution in [3.8, 4) is 0 Å². The minimum absolute atomic E-state index is 0.0222. The Morgan fingerprint density at radius 1 is 0.975 bits per heavy atom. The molecular weight excluding hydrogens is 516 g/mol. The quantitative estimate of drug-likeness (QED) is 0.227. The van der Waals surface area contributed by atoms with Gasteiger partial charge in [0.2, 0.25) is 0 Å². The van der Waals surface area contributed by atoms with Gasteiger partial charge in [0.05, 0.1) is 12.1 Å². The number of H-pyrrole nitrogens is 1. The van der Waals surface area contributed by atoms with Crippen LogP contribution in [0.15, 0.2) is 48.5 Å². The lowest BCUT2D eigenvalue weighted by Gasteiger charge is -2.24. The predicted molar refractivity (Wildman–Crippen MR) is 150 cm³/mol. The molecule has 40 heavy (non-hydrogen) atoms. The van der Waals surface area contributed by atoms with Crippen molar-refractivity contribution in [3.63, 3.8) is 0 Å². The second kappa shape index (κ2) is 15.2. The average Bonchev–Trinajstić information content (AvgIpc) is 3.42. The highest BCUT2D eigenvalue weighted by Gasteiger charge is 2.25. The van der Waals surface area contributed by atoms with Crippen molar-refractivity contribution in [1.82, 2.24) is 25.7 Å². The standard InChI is InChI=1S/C30H39F2N5O3/c1-4-10-37(11-5-2)30(40)27-17-26(35-36-27)29(39)34-25(15-22-13-23(31)16-24(32)14-22)28(38)19-33-18-21-9-7-8-20(6-3)12-21/h7-9,12-14,16-17,25,28,33,38H,4-6,10-11,15,18-19H2,1-3H3,(H,34,39)(H,35,36)/t25-,28+/m0/s1. The summed E-state index contributed by atoms with van der Waals surface area (Å²) < 4.78 is 27.7. The largest absolute Gasteiger partial charge is 0.390 e. The molecule has 216 valence electrons. The first-order chi connectivity index (χ1) is 19.2. The van der Waals surface area contributed by atoms with E-state index in [1.807, 2.05) is 32.0 Å². The van der Waals surface area contributed by atoms with Gasteiger partial charge in [-0.25, -0.2) is 8.78 Å². The molecule has 10 heteroatoms. The number of benzene rings is 2. The number of aliphatic hydroxyl groups excluding tert-OH is 1. The average molecular weight is 556 g/mol. The summed E-state index contributed by atoms with van der Waals surface area (Å²) in [5.74, 6) is -2.37. The molecule has 4 N–H and O–H groups in total. The molecule has 0 spiro atoms. The number of rotatable bonds is 15. The molecule has 1 heterocycles. The minimum Gasteiger partial charge on any atom is -0.390 e. The van der Waals surface area contributed by atoms with Gasteiger partial charge in [0.1, 0.15) is 17.3 Å². The van der Waals surface area contributed by atoms with Gasteiger partial charge in [-0.2, -0.15) is 5.10 Å². The number of hydrogen-bond acceptors (Lipinski definition) is 5. The van der Waals surface area contributed by atoms with Crippen molar-refractivity contribution in [3.05, 3.63) is 88.2 Å². The lowest BCUT2D eigenvalue weighted by atomic mass is 10.00. The highest BCUT2D eigenvalue weighted by Crippen LogP contribution is 2.14. The lowest BCUT2D eigenvalue weighted by Crippen LogP contribution is -2.48. The van der Waals surface area contributed by atoms with Gasteiger partial charge in [0.15, 0.2) is 5.69 Å². The van der Waals surface area contributed by atoms with E-state index in [0.29, 0.717) is 19.6 Å². The number of carbonyl (C=O) groups is 2. The first-order valence-electron chi connectivity index (χ1n) is 13.8. The molecule has 2 aromatic carbocycles.